The van der Waals surface area contributed by atoms with Crippen molar-refractivity contribution < 1.29 is 59.1 Å². The first-order valence-electron chi connectivity index (χ1n) is 7.86. The third kappa shape index (κ3) is 6.72. The number of carbonyl (C=O) groups is 3. The number of ether oxygens (including phenoxy) is 4. The molecule has 5 atom stereocenters. The lowest BCUT2D eigenvalue weighted by molar-refractivity contribution is -0.241. The fourth-order valence-electron chi connectivity index (χ4n) is 2.34. The summed E-state index contributed by atoms with van der Waals surface area (Å²) in [6.07, 6.45) is -9.86. The maximum Gasteiger partial charge on any atom is 0.523 e. The molecule has 0 saturated carbocycles. The van der Waals surface area contributed by atoms with Crippen molar-refractivity contribution in [2.75, 3.05) is 6.61 Å². The van der Waals surface area contributed by atoms with Crippen molar-refractivity contribution in [2.45, 2.75) is 56.9 Å². The van der Waals surface area contributed by atoms with Gasteiger partial charge in [0.05, 0.1) is 0 Å². The maximum atomic E-state index is 12.8. The molecule has 0 aromatic carbocycles. The Morgan fingerprint density at radius 3 is 2.00 bits per heavy atom. The van der Waals surface area contributed by atoms with Gasteiger partial charge in [-0.2, -0.15) is 21.6 Å². The van der Waals surface area contributed by atoms with Gasteiger partial charge in [0, 0.05) is 25.7 Å². The summed E-state index contributed by atoms with van der Waals surface area (Å²) in [6, 6.07) is 0. The predicted molar refractivity (Wildman–Crippen MR) is 85.4 cm³/mol. The first-order valence-corrected chi connectivity index (χ1v) is 9.27. The standard InChI is InChI=1S/C13H16F3N3O10S/c1-5(20)25-4-8-9(26-6(2)21)10(27-7(3)22)11(12(28-8)18-19-17)29-30(23,24)13(14,15)16/h8-12H,4H2,1-3H3/t8-,9-,10+,11+,12?/m1/s1. The fraction of sp³-hybridized carbons (Fsp3) is 0.769. The minimum Gasteiger partial charge on any atom is -0.463 e. The van der Waals surface area contributed by atoms with Crippen LogP contribution in [-0.4, -0.2) is 69.1 Å². The van der Waals surface area contributed by atoms with Crippen LogP contribution in [0.4, 0.5) is 13.2 Å². The SMILES string of the molecule is CC(=O)OC[C@H]1OC(N=[N+]=[N-])[C@@H](OS(=O)(=O)C(F)(F)F)[C@@H](OC(C)=O)[C@@H]1OC(C)=O. The van der Waals surface area contributed by atoms with E-state index < -0.39 is 70.8 Å². The van der Waals surface area contributed by atoms with E-state index in [0.717, 1.165) is 20.8 Å². The van der Waals surface area contributed by atoms with Crippen LogP contribution in [0.2, 0.25) is 0 Å². The van der Waals surface area contributed by atoms with Gasteiger partial charge in [0.15, 0.2) is 18.4 Å². The van der Waals surface area contributed by atoms with Gasteiger partial charge in [-0.3, -0.25) is 18.6 Å². The minimum absolute atomic E-state index is 0.679. The van der Waals surface area contributed by atoms with Crippen LogP contribution in [-0.2, 0) is 47.6 Å². The topological polar surface area (TPSA) is 180 Å². The first kappa shape index (κ1) is 25.4. The number of azide groups is 1. The van der Waals surface area contributed by atoms with Crippen LogP contribution >= 0.6 is 0 Å². The fourth-order valence-corrected chi connectivity index (χ4v) is 2.94. The smallest absolute Gasteiger partial charge is 0.463 e. The quantitative estimate of drug-likeness (QED) is 0.0990. The number of esters is 3. The molecule has 17 heteroatoms. The number of alkyl halides is 3. The molecule has 1 rings (SSSR count). The zero-order valence-corrected chi connectivity index (χ0v) is 16.4. The molecule has 1 aliphatic heterocycles. The van der Waals surface area contributed by atoms with Crippen molar-refractivity contribution in [3.63, 3.8) is 0 Å². The van der Waals surface area contributed by atoms with Crippen molar-refractivity contribution in [1.82, 2.24) is 0 Å². The predicted octanol–water partition coefficient (Wildman–Crippen LogP) is 0.683. The normalized spacial score (nSPS) is 26.8. The molecule has 0 bridgehead atoms. The van der Waals surface area contributed by atoms with E-state index in [1.165, 1.54) is 0 Å². The molecule has 1 unspecified atom stereocenters. The highest BCUT2D eigenvalue weighted by Gasteiger charge is 2.56. The molecular weight excluding hydrogens is 447 g/mol. The Morgan fingerprint density at radius 1 is 1.03 bits per heavy atom. The Bertz CT molecular complexity index is 827. The number of carbonyl (C=O) groups excluding carboxylic acids is 3. The summed E-state index contributed by atoms with van der Waals surface area (Å²) in [5, 5.41) is 3.01. The Morgan fingerprint density at radius 2 is 1.57 bits per heavy atom. The third-order valence-corrected chi connectivity index (χ3v) is 4.39. The van der Waals surface area contributed by atoms with Crippen LogP contribution in [0.3, 0.4) is 0 Å². The Labute approximate surface area is 167 Å². The lowest BCUT2D eigenvalue weighted by Crippen LogP contribution is -2.62. The Balaban J connectivity index is 3.48. The van der Waals surface area contributed by atoms with E-state index >= 15 is 0 Å². The van der Waals surface area contributed by atoms with Crippen molar-refractivity contribution in [3.05, 3.63) is 10.4 Å². The van der Waals surface area contributed by atoms with E-state index in [1.54, 1.807) is 0 Å². The van der Waals surface area contributed by atoms with Gasteiger partial charge in [-0.1, -0.05) is 5.11 Å². The van der Waals surface area contributed by atoms with E-state index in [9.17, 15) is 36.0 Å². The van der Waals surface area contributed by atoms with Gasteiger partial charge >= 0.3 is 33.5 Å². The molecule has 0 radical (unpaired) electrons. The van der Waals surface area contributed by atoms with Gasteiger partial charge in [0.25, 0.3) is 0 Å². The molecule has 1 aliphatic rings. The first-order chi connectivity index (χ1) is 13.7. The number of hydrogen-bond donors (Lipinski definition) is 0. The van der Waals surface area contributed by atoms with Crippen molar-refractivity contribution in [2.24, 2.45) is 5.11 Å². The second kappa shape index (κ2) is 9.92. The van der Waals surface area contributed by atoms with Crippen LogP contribution in [0.1, 0.15) is 20.8 Å². The molecular formula is C13H16F3N3O10S. The molecule has 1 heterocycles. The second-order valence-electron chi connectivity index (χ2n) is 5.68. The van der Waals surface area contributed by atoms with E-state index in [-0.39, 0.29) is 0 Å². The van der Waals surface area contributed by atoms with Gasteiger partial charge in [0.1, 0.15) is 18.8 Å². The van der Waals surface area contributed by atoms with Crippen LogP contribution in [0.5, 0.6) is 0 Å². The van der Waals surface area contributed by atoms with Crippen molar-refractivity contribution in [3.8, 4) is 0 Å². The largest absolute Gasteiger partial charge is 0.523 e. The van der Waals surface area contributed by atoms with Crippen LogP contribution in [0, 0.1) is 0 Å². The highest BCUT2D eigenvalue weighted by Crippen LogP contribution is 2.34. The molecule has 0 amide bonds. The maximum absolute atomic E-state index is 12.8. The highest BCUT2D eigenvalue weighted by atomic mass is 32.2. The van der Waals surface area contributed by atoms with Crippen molar-refractivity contribution in [1.29, 1.82) is 0 Å². The van der Waals surface area contributed by atoms with E-state index in [0.29, 0.717) is 0 Å². The molecule has 1 fully saturated rings. The molecule has 0 aromatic heterocycles. The molecule has 170 valence electrons. The zero-order chi connectivity index (χ0) is 23.3. The van der Waals surface area contributed by atoms with Gasteiger partial charge in [0.2, 0.25) is 0 Å². The number of nitrogens with zero attached hydrogens (tertiary/aromatic N) is 3. The van der Waals surface area contributed by atoms with Crippen LogP contribution in [0.25, 0.3) is 10.4 Å². The molecule has 0 spiro atoms. The monoisotopic (exact) mass is 463 g/mol. The van der Waals surface area contributed by atoms with E-state index in [1.807, 2.05) is 0 Å². The van der Waals surface area contributed by atoms with Crippen LogP contribution in [0.15, 0.2) is 5.11 Å². The number of halogens is 3. The molecule has 13 nitrogen and oxygen atoms in total. The molecule has 0 N–H and O–H groups in total. The summed E-state index contributed by atoms with van der Waals surface area (Å²) in [5.74, 6) is -3.00. The summed E-state index contributed by atoms with van der Waals surface area (Å²) >= 11 is 0. The van der Waals surface area contributed by atoms with Gasteiger partial charge < -0.3 is 18.9 Å². The summed E-state index contributed by atoms with van der Waals surface area (Å²) in [6.45, 7) is 2.02. The molecule has 0 aromatic rings. The second-order valence-corrected chi connectivity index (χ2v) is 7.25. The van der Waals surface area contributed by atoms with Gasteiger partial charge in [-0.15, -0.1) is 0 Å². The van der Waals surface area contributed by atoms with E-state index in [2.05, 4.69) is 14.2 Å². The third-order valence-electron chi connectivity index (χ3n) is 3.35. The lowest BCUT2D eigenvalue weighted by atomic mass is 9.98. The molecule has 30 heavy (non-hydrogen) atoms. The lowest BCUT2D eigenvalue weighted by Gasteiger charge is -2.43. The summed E-state index contributed by atoms with van der Waals surface area (Å²) < 4.78 is 84.9. The average Bonchev–Trinajstić information content (AvgIpc) is 2.56. The van der Waals surface area contributed by atoms with Crippen LogP contribution < -0.4 is 0 Å². The summed E-state index contributed by atoms with van der Waals surface area (Å²) in [4.78, 5) is 36.3. The summed E-state index contributed by atoms with van der Waals surface area (Å²) in [7, 11) is -6.29. The summed E-state index contributed by atoms with van der Waals surface area (Å²) in [5.41, 5.74) is 2.76. The average molecular weight is 463 g/mol. The number of rotatable bonds is 7. The number of hydrogen-bond acceptors (Lipinski definition) is 11. The highest BCUT2D eigenvalue weighted by molar-refractivity contribution is 7.87. The van der Waals surface area contributed by atoms with Gasteiger partial charge in [-0.05, 0) is 5.53 Å². The zero-order valence-electron chi connectivity index (χ0n) is 15.6. The van der Waals surface area contributed by atoms with E-state index in [4.69, 9.17) is 24.5 Å². The van der Waals surface area contributed by atoms with Gasteiger partial charge in [-0.25, -0.2) is 0 Å². The Hall–Kier alpha value is -2.62. The van der Waals surface area contributed by atoms with Crippen molar-refractivity contribution >= 4 is 28.0 Å². The minimum atomic E-state index is -6.29. The molecule has 0 aliphatic carbocycles. The molecule has 1 saturated heterocycles. The Kier molecular flexibility index (Phi) is 8.41.